The van der Waals surface area contributed by atoms with Gasteiger partial charge in [-0.1, -0.05) is 44.2 Å². The van der Waals surface area contributed by atoms with Crippen molar-refractivity contribution in [2.45, 2.75) is 114 Å². The van der Waals surface area contributed by atoms with Crippen molar-refractivity contribution in [2.24, 2.45) is 5.41 Å². The Bertz CT molecular complexity index is 1070. The molecule has 1 atom stereocenters. The van der Waals surface area contributed by atoms with Gasteiger partial charge in [-0.2, -0.15) is 13.2 Å². The Morgan fingerprint density at radius 2 is 1.49 bits per heavy atom. The minimum atomic E-state index is -4.32. The zero-order valence-corrected chi connectivity index (χ0v) is 20.5. The molecule has 3 fully saturated rings. The maximum atomic E-state index is 13.2. The molecule has 2 nitrogen and oxygen atoms in total. The molecule has 5 heteroatoms. The van der Waals surface area contributed by atoms with Gasteiger partial charge in [0.2, 0.25) is 0 Å². The molecular formula is C30H36F3NO. The summed E-state index contributed by atoms with van der Waals surface area (Å²) in [5.74, 6) is 0.856. The Balaban J connectivity index is 1.49. The molecule has 2 aromatic rings. The minimum Gasteiger partial charge on any atom is -0.388 e. The van der Waals surface area contributed by atoms with Crippen LogP contribution < -0.4 is 0 Å². The van der Waals surface area contributed by atoms with Crippen LogP contribution in [0.15, 0.2) is 24.3 Å². The Morgan fingerprint density at radius 3 is 2.11 bits per heavy atom. The molecule has 1 spiro atoms. The van der Waals surface area contributed by atoms with E-state index in [2.05, 4.69) is 0 Å². The molecule has 1 N–H and O–H groups in total. The number of pyridine rings is 1. The van der Waals surface area contributed by atoms with Gasteiger partial charge in [0.05, 0.1) is 11.7 Å². The predicted octanol–water partition coefficient (Wildman–Crippen LogP) is 8.16. The van der Waals surface area contributed by atoms with Crippen LogP contribution in [-0.2, 0) is 19.0 Å². The lowest BCUT2D eigenvalue weighted by molar-refractivity contribution is -0.137. The number of rotatable bonds is 4. The van der Waals surface area contributed by atoms with Crippen molar-refractivity contribution in [3.63, 3.8) is 0 Å². The molecule has 188 valence electrons. The molecule has 6 rings (SSSR count). The molecule has 0 amide bonds. The first kappa shape index (κ1) is 23.5. The van der Waals surface area contributed by atoms with Crippen LogP contribution in [0, 0.1) is 5.41 Å². The van der Waals surface area contributed by atoms with Crippen molar-refractivity contribution in [3.05, 3.63) is 63.5 Å². The lowest BCUT2D eigenvalue weighted by Gasteiger charge is -2.36. The zero-order valence-electron chi connectivity index (χ0n) is 20.5. The summed E-state index contributed by atoms with van der Waals surface area (Å²) in [6.07, 6.45) is 10.7. The van der Waals surface area contributed by atoms with Gasteiger partial charge in [0.1, 0.15) is 0 Å². The molecule has 0 saturated heterocycles. The number of aliphatic hydroxyl groups excluding tert-OH is 1. The number of alkyl halides is 3. The Kier molecular flexibility index (Phi) is 5.98. The van der Waals surface area contributed by atoms with E-state index in [0.29, 0.717) is 18.3 Å². The molecule has 1 aromatic heterocycles. The van der Waals surface area contributed by atoms with Crippen LogP contribution >= 0.6 is 0 Å². The Hall–Kier alpha value is -1.88. The third kappa shape index (κ3) is 4.54. The minimum absolute atomic E-state index is 0.255. The summed E-state index contributed by atoms with van der Waals surface area (Å²) in [7, 11) is 0. The van der Waals surface area contributed by atoms with Gasteiger partial charge in [0.15, 0.2) is 0 Å². The van der Waals surface area contributed by atoms with Gasteiger partial charge in [0, 0.05) is 22.9 Å². The first-order valence-corrected chi connectivity index (χ1v) is 13.7. The van der Waals surface area contributed by atoms with Crippen molar-refractivity contribution in [1.29, 1.82) is 0 Å². The van der Waals surface area contributed by atoms with Gasteiger partial charge in [-0.05, 0) is 97.9 Å². The summed E-state index contributed by atoms with van der Waals surface area (Å²) in [5.41, 5.74) is 6.56. The van der Waals surface area contributed by atoms with Crippen molar-refractivity contribution in [3.8, 4) is 0 Å². The van der Waals surface area contributed by atoms with E-state index >= 15 is 0 Å². The highest BCUT2D eigenvalue weighted by Crippen LogP contribution is 2.59. The smallest absolute Gasteiger partial charge is 0.388 e. The Morgan fingerprint density at radius 1 is 0.857 bits per heavy atom. The molecule has 3 saturated carbocycles. The third-order valence-corrected chi connectivity index (χ3v) is 9.37. The maximum Gasteiger partial charge on any atom is 0.416 e. The number of halogens is 3. The monoisotopic (exact) mass is 483 g/mol. The van der Waals surface area contributed by atoms with E-state index < -0.39 is 17.8 Å². The molecule has 4 aliphatic rings. The van der Waals surface area contributed by atoms with Gasteiger partial charge in [-0.15, -0.1) is 0 Å². The molecular weight excluding hydrogens is 447 g/mol. The number of hydrogen-bond acceptors (Lipinski definition) is 2. The van der Waals surface area contributed by atoms with Gasteiger partial charge in [0.25, 0.3) is 0 Å². The number of aromatic nitrogens is 1. The maximum absolute atomic E-state index is 13.2. The number of hydrogen-bond donors (Lipinski definition) is 1. The van der Waals surface area contributed by atoms with E-state index in [1.54, 1.807) is 12.1 Å². The number of fused-ring (bicyclic) bond motifs is 1. The summed E-state index contributed by atoms with van der Waals surface area (Å²) < 4.78 is 39.6. The lowest BCUT2D eigenvalue weighted by atomic mass is 9.72. The molecule has 4 aliphatic carbocycles. The molecule has 1 heterocycles. The van der Waals surface area contributed by atoms with Crippen molar-refractivity contribution in [1.82, 2.24) is 4.98 Å². The second kappa shape index (κ2) is 8.90. The number of nitrogens with zero attached hydrogens (tertiary/aromatic N) is 1. The second-order valence-electron chi connectivity index (χ2n) is 11.8. The van der Waals surface area contributed by atoms with E-state index in [9.17, 15) is 18.3 Å². The number of aliphatic hydroxyl groups is 1. The molecule has 0 bridgehead atoms. The third-order valence-electron chi connectivity index (χ3n) is 9.37. The van der Waals surface area contributed by atoms with Crippen LogP contribution in [-0.4, -0.2) is 10.1 Å². The highest BCUT2D eigenvalue weighted by molar-refractivity contribution is 5.50. The van der Waals surface area contributed by atoms with E-state index in [1.165, 1.54) is 73.9 Å². The van der Waals surface area contributed by atoms with Crippen molar-refractivity contribution >= 4 is 0 Å². The van der Waals surface area contributed by atoms with Crippen LogP contribution in [0.5, 0.6) is 0 Å². The summed E-state index contributed by atoms with van der Waals surface area (Å²) >= 11 is 0. The van der Waals surface area contributed by atoms with Gasteiger partial charge in [-0.3, -0.25) is 4.98 Å². The molecule has 0 radical (unpaired) electrons. The summed E-state index contributed by atoms with van der Waals surface area (Å²) in [4.78, 5) is 5.35. The first-order chi connectivity index (χ1) is 16.8. The predicted molar refractivity (Wildman–Crippen MR) is 130 cm³/mol. The normalized spacial score (nSPS) is 24.6. The van der Waals surface area contributed by atoms with E-state index in [-0.39, 0.29) is 5.41 Å². The fraction of sp³-hybridized carbons (Fsp3) is 0.633. The lowest BCUT2D eigenvalue weighted by Crippen LogP contribution is -2.27. The molecule has 0 aliphatic heterocycles. The van der Waals surface area contributed by atoms with Crippen molar-refractivity contribution < 1.29 is 18.3 Å². The highest BCUT2D eigenvalue weighted by atomic mass is 19.4. The fourth-order valence-electron chi connectivity index (χ4n) is 7.33. The highest BCUT2D eigenvalue weighted by Gasteiger charge is 2.49. The first-order valence-electron chi connectivity index (χ1n) is 13.7. The van der Waals surface area contributed by atoms with E-state index in [4.69, 9.17) is 4.98 Å². The summed E-state index contributed by atoms with van der Waals surface area (Å²) in [6.45, 7) is 0. The van der Waals surface area contributed by atoms with Gasteiger partial charge in [-0.25, -0.2) is 0 Å². The zero-order chi connectivity index (χ0) is 24.2. The summed E-state index contributed by atoms with van der Waals surface area (Å²) in [6, 6.07) is 5.70. The SMILES string of the molecule is OC1CC2(CC2)Cc2nc(C3CCCC3)c(Cc3ccc(C(F)(F)F)cc3)c(C3CCCCC3)c21. The fourth-order valence-corrected chi connectivity index (χ4v) is 7.33. The van der Waals surface area contributed by atoms with Crippen molar-refractivity contribution in [2.75, 3.05) is 0 Å². The van der Waals surface area contributed by atoms with Crippen LogP contribution in [0.2, 0.25) is 0 Å². The average Bonchev–Trinajstić information content (AvgIpc) is 3.34. The molecule has 35 heavy (non-hydrogen) atoms. The quantitative estimate of drug-likeness (QED) is 0.476. The van der Waals surface area contributed by atoms with Crippen LogP contribution in [0.1, 0.15) is 134 Å². The van der Waals surface area contributed by atoms with Crippen LogP contribution in [0.25, 0.3) is 0 Å². The van der Waals surface area contributed by atoms with Crippen LogP contribution in [0.4, 0.5) is 13.2 Å². The van der Waals surface area contributed by atoms with E-state index in [0.717, 1.165) is 55.3 Å². The standard InChI is InChI=1S/C30H36F3NO/c31-30(32,33)22-12-10-19(11-13-22)16-23-26(20-6-2-1-3-7-20)27-24(17-29(14-15-29)18-25(27)35)34-28(23)21-8-4-5-9-21/h10-13,20-21,25,35H,1-9,14-18H2. The second-order valence-corrected chi connectivity index (χ2v) is 11.8. The van der Waals surface area contributed by atoms with E-state index in [1.807, 2.05) is 0 Å². The molecule has 1 aromatic carbocycles. The van der Waals surface area contributed by atoms with Gasteiger partial charge >= 0.3 is 6.18 Å². The Labute approximate surface area is 206 Å². The van der Waals surface area contributed by atoms with Crippen LogP contribution in [0.3, 0.4) is 0 Å². The molecule has 1 unspecified atom stereocenters. The number of benzene rings is 1. The topological polar surface area (TPSA) is 33.1 Å². The largest absolute Gasteiger partial charge is 0.416 e. The average molecular weight is 484 g/mol. The van der Waals surface area contributed by atoms with Gasteiger partial charge < -0.3 is 5.11 Å². The summed E-state index contributed by atoms with van der Waals surface area (Å²) in [5, 5.41) is 11.5.